The Kier molecular flexibility index (Phi) is 26.9. The summed E-state index contributed by atoms with van der Waals surface area (Å²) in [5, 5.41) is 30.1. The smallest absolute Gasteiger partial charge is 0.317 e. The first-order chi connectivity index (χ1) is 22.9. The summed E-state index contributed by atoms with van der Waals surface area (Å²) in [5.74, 6) is -5.08. The van der Waals surface area contributed by atoms with E-state index in [4.69, 9.17) is 24.8 Å². The molecular formula is C36H63NO11. The van der Waals surface area contributed by atoms with E-state index in [0.717, 1.165) is 38.5 Å². The Hall–Kier alpha value is -3.18. The molecule has 278 valence electrons. The van der Waals surface area contributed by atoms with E-state index in [1.54, 1.807) is 0 Å². The van der Waals surface area contributed by atoms with Crippen LogP contribution >= 0.6 is 0 Å². The first-order valence-corrected chi connectivity index (χ1v) is 18.2. The zero-order chi connectivity index (χ0) is 36.0. The molecule has 0 aliphatic carbocycles. The van der Waals surface area contributed by atoms with E-state index >= 15 is 0 Å². The van der Waals surface area contributed by atoms with E-state index in [0.29, 0.717) is 19.3 Å². The highest BCUT2D eigenvalue weighted by Crippen LogP contribution is 2.26. The van der Waals surface area contributed by atoms with Gasteiger partial charge in [0.1, 0.15) is 12.5 Å². The maximum Gasteiger partial charge on any atom is 0.317 e. The van der Waals surface area contributed by atoms with Gasteiger partial charge in [0.2, 0.25) is 5.91 Å². The summed E-state index contributed by atoms with van der Waals surface area (Å²) in [5.41, 5.74) is -1.27. The summed E-state index contributed by atoms with van der Waals surface area (Å²) in [4.78, 5) is 71.0. The second-order valence-corrected chi connectivity index (χ2v) is 12.9. The Labute approximate surface area is 287 Å². The third-order valence-electron chi connectivity index (χ3n) is 8.51. The van der Waals surface area contributed by atoms with Gasteiger partial charge in [-0.15, -0.1) is 0 Å². The molecule has 48 heavy (non-hydrogen) atoms. The summed E-state index contributed by atoms with van der Waals surface area (Å²) >= 11 is 0. The molecule has 0 rings (SSSR count). The second kappa shape index (κ2) is 28.8. The maximum atomic E-state index is 12.7. The predicted molar refractivity (Wildman–Crippen MR) is 181 cm³/mol. The van der Waals surface area contributed by atoms with Gasteiger partial charge in [-0.1, -0.05) is 78.1 Å². The summed E-state index contributed by atoms with van der Waals surface area (Å²) in [7, 11) is 0. The molecule has 0 bridgehead atoms. The highest BCUT2D eigenvalue weighted by atomic mass is 16.6. The van der Waals surface area contributed by atoms with E-state index in [2.05, 4.69) is 19.2 Å². The highest BCUT2D eigenvalue weighted by Gasteiger charge is 2.33. The summed E-state index contributed by atoms with van der Waals surface area (Å²) in [6.45, 7) is 4.45. The number of esters is 2. The molecular weight excluding hydrogens is 622 g/mol. The van der Waals surface area contributed by atoms with Crippen molar-refractivity contribution in [2.75, 3.05) is 6.61 Å². The van der Waals surface area contributed by atoms with Crippen molar-refractivity contribution < 1.29 is 53.6 Å². The topological polar surface area (TPSA) is 194 Å². The minimum Gasteiger partial charge on any atom is -0.481 e. The Morgan fingerprint density at radius 2 is 1.00 bits per heavy atom. The molecule has 0 aliphatic rings. The quantitative estimate of drug-likeness (QED) is 0.0307. The molecule has 0 fully saturated rings. The van der Waals surface area contributed by atoms with E-state index in [1.165, 1.54) is 51.4 Å². The molecule has 0 aromatic heterocycles. The molecule has 0 spiro atoms. The molecule has 0 atom stereocenters. The number of carboxylic acids is 3. The first-order valence-electron chi connectivity index (χ1n) is 18.2. The maximum absolute atomic E-state index is 12.7. The van der Waals surface area contributed by atoms with Crippen molar-refractivity contribution in [3.8, 4) is 0 Å². The number of amides is 1. The molecule has 12 heteroatoms. The van der Waals surface area contributed by atoms with Gasteiger partial charge in [-0.25, -0.2) is 0 Å². The van der Waals surface area contributed by atoms with Crippen LogP contribution in [-0.4, -0.2) is 69.3 Å². The monoisotopic (exact) mass is 685 g/mol. The fraction of sp³-hybridized carbons (Fsp3) is 0.833. The number of unbranched alkanes of at least 4 members (excludes halogenated alkanes) is 12. The van der Waals surface area contributed by atoms with Crippen LogP contribution in [0.15, 0.2) is 0 Å². The van der Waals surface area contributed by atoms with E-state index in [9.17, 15) is 28.8 Å². The van der Waals surface area contributed by atoms with Crippen molar-refractivity contribution in [3.05, 3.63) is 0 Å². The van der Waals surface area contributed by atoms with Crippen LogP contribution in [-0.2, 0) is 38.2 Å². The molecule has 12 nitrogen and oxygen atoms in total. The average molecular weight is 686 g/mol. The van der Waals surface area contributed by atoms with Crippen LogP contribution in [0.25, 0.3) is 0 Å². The van der Waals surface area contributed by atoms with Crippen molar-refractivity contribution in [1.29, 1.82) is 0 Å². The van der Waals surface area contributed by atoms with E-state index in [1.807, 2.05) is 0 Å². The van der Waals surface area contributed by atoms with Crippen molar-refractivity contribution >= 4 is 35.8 Å². The Morgan fingerprint density at radius 1 is 0.562 bits per heavy atom. The largest absolute Gasteiger partial charge is 0.481 e. The Balaban J connectivity index is 4.64. The van der Waals surface area contributed by atoms with Crippen molar-refractivity contribution in [2.24, 2.45) is 0 Å². The summed E-state index contributed by atoms with van der Waals surface area (Å²) < 4.78 is 10.9. The van der Waals surface area contributed by atoms with Gasteiger partial charge < -0.3 is 30.1 Å². The normalized spacial score (nSPS) is 11.3. The standard InChI is InChI=1S/C36H63NO11/c1-3-5-7-9-11-14-18-29(19-15-12-10-8-6-4-2)48-35(46)28-34(45)47-27-17-13-16-20-30(38)37-36(24-21-31(39)40,25-22-32(41)42)26-23-33(43)44/h29H,3-28H2,1-2H3,(H,37,38)(H,39,40)(H,41,42)(H,43,44). The van der Waals surface area contributed by atoms with Gasteiger partial charge in [-0.3, -0.25) is 28.8 Å². The third-order valence-corrected chi connectivity index (χ3v) is 8.51. The SMILES string of the molecule is CCCCCCCCC(CCCCCCCC)OC(=O)CC(=O)OCCCCCC(=O)NC(CCC(=O)O)(CCC(=O)O)CCC(=O)O. The molecule has 0 aromatic carbocycles. The van der Waals surface area contributed by atoms with Gasteiger partial charge in [0.05, 0.1) is 6.61 Å². The van der Waals surface area contributed by atoms with E-state index < -0.39 is 47.7 Å². The molecule has 0 radical (unpaired) electrons. The zero-order valence-corrected chi connectivity index (χ0v) is 29.6. The molecule has 4 N–H and O–H groups in total. The lowest BCUT2D eigenvalue weighted by Crippen LogP contribution is -2.49. The van der Waals surface area contributed by atoms with Crippen molar-refractivity contribution in [3.63, 3.8) is 0 Å². The van der Waals surface area contributed by atoms with Gasteiger partial charge >= 0.3 is 29.8 Å². The lowest BCUT2D eigenvalue weighted by atomic mass is 9.83. The van der Waals surface area contributed by atoms with Gasteiger partial charge in [0.15, 0.2) is 0 Å². The Morgan fingerprint density at radius 3 is 1.46 bits per heavy atom. The molecule has 0 aliphatic heterocycles. The Bertz CT molecular complexity index is 875. The van der Waals surface area contributed by atoms with Crippen LogP contribution < -0.4 is 5.32 Å². The summed E-state index contributed by atoms with van der Waals surface area (Å²) in [6, 6.07) is 0. The second-order valence-electron chi connectivity index (χ2n) is 12.9. The fourth-order valence-corrected chi connectivity index (χ4v) is 5.67. The minimum absolute atomic E-state index is 0.0494. The minimum atomic E-state index is -1.27. The predicted octanol–water partition coefficient (Wildman–Crippen LogP) is 7.34. The third kappa shape index (κ3) is 26.8. The van der Waals surface area contributed by atoms with Gasteiger partial charge in [0, 0.05) is 31.2 Å². The van der Waals surface area contributed by atoms with Crippen LogP contribution in [0.5, 0.6) is 0 Å². The van der Waals surface area contributed by atoms with Crippen LogP contribution in [0.1, 0.15) is 174 Å². The fourth-order valence-electron chi connectivity index (χ4n) is 5.67. The highest BCUT2D eigenvalue weighted by molar-refractivity contribution is 5.91. The number of rotatable bonds is 33. The van der Waals surface area contributed by atoms with Gasteiger partial charge in [-0.2, -0.15) is 0 Å². The van der Waals surface area contributed by atoms with Gasteiger partial charge in [0.25, 0.3) is 0 Å². The first kappa shape index (κ1) is 44.8. The lowest BCUT2D eigenvalue weighted by Gasteiger charge is -2.34. The average Bonchev–Trinajstić information content (AvgIpc) is 3.02. The summed E-state index contributed by atoms with van der Waals surface area (Å²) in [6.07, 6.45) is 14.9. The molecule has 0 saturated carbocycles. The molecule has 1 amide bonds. The zero-order valence-electron chi connectivity index (χ0n) is 29.6. The number of nitrogens with one attached hydrogen (secondary N) is 1. The van der Waals surface area contributed by atoms with Gasteiger partial charge in [-0.05, 0) is 64.2 Å². The number of carboxylic acid groups (broad SMARTS) is 3. The number of carbonyl (C=O) groups is 6. The van der Waals surface area contributed by atoms with Crippen molar-refractivity contribution in [1.82, 2.24) is 5.32 Å². The number of hydrogen-bond acceptors (Lipinski definition) is 8. The number of hydrogen-bond donors (Lipinski definition) is 4. The van der Waals surface area contributed by atoms with Crippen LogP contribution in [0.4, 0.5) is 0 Å². The molecule has 0 heterocycles. The lowest BCUT2D eigenvalue weighted by molar-refractivity contribution is -0.158. The molecule has 0 aromatic rings. The van der Waals surface area contributed by atoms with E-state index in [-0.39, 0.29) is 57.7 Å². The molecule has 0 unspecified atom stereocenters. The number of aliphatic carboxylic acids is 3. The van der Waals surface area contributed by atoms with Crippen molar-refractivity contribution in [2.45, 2.75) is 186 Å². The number of ether oxygens (including phenoxy) is 2. The molecule has 0 saturated heterocycles. The van der Waals surface area contributed by atoms with Crippen LogP contribution in [0, 0.1) is 0 Å². The number of carbonyl (C=O) groups excluding carboxylic acids is 3. The van der Waals surface area contributed by atoms with Crippen LogP contribution in [0.2, 0.25) is 0 Å². The van der Waals surface area contributed by atoms with Crippen LogP contribution in [0.3, 0.4) is 0 Å².